The van der Waals surface area contributed by atoms with Crippen molar-refractivity contribution in [3.05, 3.63) is 42.8 Å². The van der Waals surface area contributed by atoms with Gasteiger partial charge in [0.1, 0.15) is 25.0 Å². The van der Waals surface area contributed by atoms with Gasteiger partial charge in [-0.25, -0.2) is 9.67 Å². The van der Waals surface area contributed by atoms with Crippen molar-refractivity contribution in [3.63, 3.8) is 0 Å². The minimum Gasteiger partial charge on any atom is -0.343 e. The summed E-state index contributed by atoms with van der Waals surface area (Å²) in [6, 6.07) is 2.38. The summed E-state index contributed by atoms with van der Waals surface area (Å²) in [5, 5.41) is 17.4. The summed E-state index contributed by atoms with van der Waals surface area (Å²) in [4.78, 5) is 18.5. The predicted molar refractivity (Wildman–Crippen MR) is 103 cm³/mol. The minimum absolute atomic E-state index is 0.203. The number of aryl methyl sites for hydroxylation is 1. The van der Waals surface area contributed by atoms with Crippen LogP contribution in [0, 0.1) is 0 Å². The van der Waals surface area contributed by atoms with Gasteiger partial charge in [0.15, 0.2) is 5.82 Å². The van der Waals surface area contributed by atoms with E-state index in [1.807, 2.05) is 17.2 Å². The first kappa shape index (κ1) is 18.0. The summed E-state index contributed by atoms with van der Waals surface area (Å²) < 4.78 is 5.91. The summed E-state index contributed by atoms with van der Waals surface area (Å²) in [6.45, 7) is 2.78. The molecule has 0 spiro atoms. The molecule has 29 heavy (non-hydrogen) atoms. The first-order chi connectivity index (χ1) is 14.3. The number of amides is 1. The van der Waals surface area contributed by atoms with Crippen molar-refractivity contribution in [3.8, 4) is 0 Å². The van der Waals surface area contributed by atoms with Crippen LogP contribution in [0.3, 0.4) is 0 Å². The molecule has 3 aromatic rings. The van der Waals surface area contributed by atoms with Crippen LogP contribution in [0.5, 0.6) is 0 Å². The van der Waals surface area contributed by atoms with Gasteiger partial charge in [-0.15, -0.1) is 10.2 Å². The molecule has 0 bridgehead atoms. The molecular formula is C19H25N9O. The highest BCUT2D eigenvalue weighted by Crippen LogP contribution is 2.40. The van der Waals surface area contributed by atoms with Gasteiger partial charge < -0.3 is 9.47 Å². The third kappa shape index (κ3) is 3.92. The zero-order valence-electron chi connectivity index (χ0n) is 16.3. The fourth-order valence-electron chi connectivity index (χ4n) is 4.10. The molecular weight excluding hydrogens is 370 g/mol. The second-order valence-electron chi connectivity index (χ2n) is 7.84. The van der Waals surface area contributed by atoms with Crippen molar-refractivity contribution in [2.45, 2.75) is 57.2 Å². The van der Waals surface area contributed by atoms with E-state index in [9.17, 15) is 4.79 Å². The predicted octanol–water partition coefficient (Wildman–Crippen LogP) is 1.25. The Morgan fingerprint density at radius 1 is 1.07 bits per heavy atom. The Labute approximate surface area is 168 Å². The van der Waals surface area contributed by atoms with E-state index in [-0.39, 0.29) is 5.91 Å². The number of hydrogen-bond donors (Lipinski definition) is 0. The summed E-state index contributed by atoms with van der Waals surface area (Å²) in [7, 11) is 0. The van der Waals surface area contributed by atoms with Crippen molar-refractivity contribution < 1.29 is 4.79 Å². The molecule has 1 saturated carbocycles. The SMILES string of the molecule is O=C(CCn1cccn1)N1CCC(c2nnc(Cn3cncn3)n2C2CC2)CC1. The van der Waals surface area contributed by atoms with Crippen LogP contribution < -0.4 is 0 Å². The molecule has 1 aliphatic heterocycles. The van der Waals surface area contributed by atoms with Gasteiger partial charge in [-0.1, -0.05) is 0 Å². The van der Waals surface area contributed by atoms with Crippen molar-refractivity contribution in [2.24, 2.45) is 0 Å². The molecule has 1 amide bonds. The Bertz CT molecular complexity index is 935. The molecule has 0 radical (unpaired) electrons. The van der Waals surface area contributed by atoms with Crippen LogP contribution in [0.2, 0.25) is 0 Å². The Balaban J connectivity index is 1.21. The van der Waals surface area contributed by atoms with Crippen molar-refractivity contribution >= 4 is 5.91 Å². The maximum atomic E-state index is 12.5. The molecule has 0 N–H and O–H groups in total. The summed E-state index contributed by atoms with van der Waals surface area (Å²) in [5.74, 6) is 2.58. The smallest absolute Gasteiger partial charge is 0.224 e. The number of likely N-dealkylation sites (tertiary alicyclic amines) is 1. The van der Waals surface area contributed by atoms with Crippen molar-refractivity contribution in [1.29, 1.82) is 0 Å². The first-order valence-corrected chi connectivity index (χ1v) is 10.3. The molecule has 1 saturated heterocycles. The number of carbonyl (C=O) groups excluding carboxylic acids is 1. The molecule has 10 nitrogen and oxygen atoms in total. The Morgan fingerprint density at radius 2 is 1.93 bits per heavy atom. The molecule has 4 heterocycles. The fourth-order valence-corrected chi connectivity index (χ4v) is 4.10. The maximum Gasteiger partial charge on any atom is 0.224 e. The summed E-state index contributed by atoms with van der Waals surface area (Å²) in [6.07, 6.45) is 11.6. The lowest BCUT2D eigenvalue weighted by atomic mass is 9.95. The molecule has 2 aliphatic rings. The lowest BCUT2D eigenvalue weighted by molar-refractivity contribution is -0.132. The average Bonchev–Trinajstić information content (AvgIpc) is 3.16. The Morgan fingerprint density at radius 3 is 2.62 bits per heavy atom. The second-order valence-corrected chi connectivity index (χ2v) is 7.84. The monoisotopic (exact) mass is 395 g/mol. The van der Waals surface area contributed by atoms with Gasteiger partial charge in [-0.3, -0.25) is 9.48 Å². The van der Waals surface area contributed by atoms with Crippen LogP contribution in [0.25, 0.3) is 0 Å². The van der Waals surface area contributed by atoms with E-state index in [0.717, 1.165) is 37.6 Å². The molecule has 0 atom stereocenters. The van der Waals surface area contributed by atoms with E-state index in [0.29, 0.717) is 31.5 Å². The number of rotatable bonds is 7. The molecule has 0 aromatic carbocycles. The number of piperidine rings is 1. The number of nitrogens with zero attached hydrogens (tertiary/aromatic N) is 9. The molecule has 2 fully saturated rings. The molecule has 3 aromatic heterocycles. The third-order valence-corrected chi connectivity index (χ3v) is 5.80. The van der Waals surface area contributed by atoms with Gasteiger partial charge in [0, 0.05) is 50.4 Å². The molecule has 10 heteroatoms. The van der Waals surface area contributed by atoms with E-state index >= 15 is 0 Å². The van der Waals surface area contributed by atoms with Gasteiger partial charge in [-0.2, -0.15) is 10.2 Å². The lowest BCUT2D eigenvalue weighted by Crippen LogP contribution is -2.38. The van der Waals surface area contributed by atoms with Crippen LogP contribution in [-0.4, -0.2) is 63.2 Å². The van der Waals surface area contributed by atoms with Crippen molar-refractivity contribution in [2.75, 3.05) is 13.1 Å². The van der Waals surface area contributed by atoms with Crippen molar-refractivity contribution in [1.82, 2.24) is 44.2 Å². The minimum atomic E-state index is 0.203. The molecule has 1 aliphatic carbocycles. The Hall–Kier alpha value is -3.04. The van der Waals surface area contributed by atoms with Gasteiger partial charge in [0.2, 0.25) is 5.91 Å². The average molecular weight is 395 g/mol. The van der Waals surface area contributed by atoms with Gasteiger partial charge in [0.05, 0.1) is 0 Å². The van der Waals surface area contributed by atoms with Crippen LogP contribution in [0.4, 0.5) is 0 Å². The van der Waals surface area contributed by atoms with Crippen LogP contribution in [0.1, 0.15) is 55.7 Å². The van der Waals surface area contributed by atoms with E-state index in [1.165, 1.54) is 19.2 Å². The van der Waals surface area contributed by atoms with E-state index in [2.05, 4.69) is 29.9 Å². The molecule has 0 unspecified atom stereocenters. The lowest BCUT2D eigenvalue weighted by Gasteiger charge is -2.32. The van der Waals surface area contributed by atoms with E-state index in [4.69, 9.17) is 0 Å². The second kappa shape index (κ2) is 7.76. The zero-order valence-corrected chi connectivity index (χ0v) is 16.3. The highest BCUT2D eigenvalue weighted by molar-refractivity contribution is 5.76. The standard InChI is InChI=1S/C19H25N9O/c29-18(6-11-26-8-1-7-21-26)25-9-4-15(5-10-25)19-24-23-17(28(19)16-2-3-16)12-27-14-20-13-22-27/h1,7-8,13-16H,2-6,9-12H2. The zero-order chi connectivity index (χ0) is 19.6. The maximum absolute atomic E-state index is 12.5. The third-order valence-electron chi connectivity index (χ3n) is 5.80. The van der Waals surface area contributed by atoms with Crippen LogP contribution >= 0.6 is 0 Å². The Kier molecular flexibility index (Phi) is 4.82. The first-order valence-electron chi connectivity index (χ1n) is 10.3. The van der Waals surface area contributed by atoms with E-state index in [1.54, 1.807) is 21.9 Å². The molecule has 5 rings (SSSR count). The number of hydrogen-bond acceptors (Lipinski definition) is 6. The highest BCUT2D eigenvalue weighted by atomic mass is 16.2. The van der Waals surface area contributed by atoms with Gasteiger partial charge >= 0.3 is 0 Å². The number of aromatic nitrogens is 8. The van der Waals surface area contributed by atoms with Gasteiger partial charge in [0.25, 0.3) is 0 Å². The van der Waals surface area contributed by atoms with Crippen LogP contribution in [-0.2, 0) is 17.9 Å². The highest BCUT2D eigenvalue weighted by Gasteiger charge is 2.34. The summed E-state index contributed by atoms with van der Waals surface area (Å²) >= 11 is 0. The number of carbonyl (C=O) groups is 1. The topological polar surface area (TPSA) is 99.6 Å². The molecule has 152 valence electrons. The van der Waals surface area contributed by atoms with Crippen LogP contribution in [0.15, 0.2) is 31.1 Å². The summed E-state index contributed by atoms with van der Waals surface area (Å²) in [5.41, 5.74) is 0. The largest absolute Gasteiger partial charge is 0.343 e. The quantitative estimate of drug-likeness (QED) is 0.597. The van der Waals surface area contributed by atoms with Gasteiger partial charge in [-0.05, 0) is 31.7 Å². The normalized spacial score (nSPS) is 17.7. The van der Waals surface area contributed by atoms with E-state index < -0.39 is 0 Å². The fraction of sp³-hybridized carbons (Fsp3) is 0.579.